The third-order valence-corrected chi connectivity index (χ3v) is 5.32. The van der Waals surface area contributed by atoms with E-state index in [9.17, 15) is 23.1 Å². The number of carbonyl (C=O) groups is 1. The highest BCUT2D eigenvalue weighted by Crippen LogP contribution is 2.34. The number of fused-ring (bicyclic) bond motifs is 1. The van der Waals surface area contributed by atoms with Crippen molar-refractivity contribution in [2.45, 2.75) is 20.0 Å². The van der Waals surface area contributed by atoms with E-state index in [4.69, 9.17) is 4.74 Å². The summed E-state index contributed by atoms with van der Waals surface area (Å²) < 4.78 is 45.0. The van der Waals surface area contributed by atoms with Gasteiger partial charge in [0.15, 0.2) is 0 Å². The Labute approximate surface area is 194 Å². The van der Waals surface area contributed by atoms with Gasteiger partial charge in [-0.05, 0) is 53.4 Å². The van der Waals surface area contributed by atoms with Crippen LogP contribution >= 0.6 is 0 Å². The van der Waals surface area contributed by atoms with Crippen molar-refractivity contribution in [3.63, 3.8) is 0 Å². The second-order valence-electron chi connectivity index (χ2n) is 8.40. The summed E-state index contributed by atoms with van der Waals surface area (Å²) in [6.45, 7) is 4.81. The van der Waals surface area contributed by atoms with Gasteiger partial charge < -0.3 is 9.84 Å². The van der Waals surface area contributed by atoms with Gasteiger partial charge in [0.2, 0.25) is 0 Å². The molecule has 0 saturated carbocycles. The van der Waals surface area contributed by atoms with Crippen molar-refractivity contribution >= 4 is 16.9 Å². The summed E-state index contributed by atoms with van der Waals surface area (Å²) in [7, 11) is 0. The van der Waals surface area contributed by atoms with Crippen LogP contribution in [-0.2, 0) is 6.18 Å². The average Bonchev–Trinajstić information content (AvgIpc) is 2.81. The van der Waals surface area contributed by atoms with E-state index < -0.39 is 17.7 Å². The van der Waals surface area contributed by atoms with Crippen LogP contribution in [0, 0.1) is 5.92 Å². The Hall–Kier alpha value is -3.87. The SMILES string of the molecule is CC(C)COc1ccc(-c2ccc(-c3cc(C(=O)O)c4cc(C(F)(F)F)ccc4n3)cc2)cc1. The van der Waals surface area contributed by atoms with Crippen LogP contribution in [0.2, 0.25) is 0 Å². The molecule has 0 aliphatic heterocycles. The van der Waals surface area contributed by atoms with Gasteiger partial charge in [-0.25, -0.2) is 9.78 Å². The number of aromatic nitrogens is 1. The molecule has 3 aromatic carbocycles. The van der Waals surface area contributed by atoms with Gasteiger partial charge in [0.1, 0.15) is 5.75 Å². The van der Waals surface area contributed by atoms with Crippen LogP contribution in [0.25, 0.3) is 33.3 Å². The molecule has 0 radical (unpaired) electrons. The number of pyridine rings is 1. The molecule has 4 nitrogen and oxygen atoms in total. The number of carboxylic acids is 1. The molecule has 1 heterocycles. The summed E-state index contributed by atoms with van der Waals surface area (Å²) in [5.74, 6) is -0.0852. The van der Waals surface area contributed by atoms with Gasteiger partial charge in [-0.1, -0.05) is 50.2 Å². The van der Waals surface area contributed by atoms with E-state index in [2.05, 4.69) is 18.8 Å². The number of nitrogens with zero attached hydrogens (tertiary/aromatic N) is 1. The molecule has 0 atom stereocenters. The van der Waals surface area contributed by atoms with Crippen molar-refractivity contribution in [3.8, 4) is 28.1 Å². The molecule has 0 amide bonds. The normalized spacial score (nSPS) is 11.7. The monoisotopic (exact) mass is 465 g/mol. The molecule has 174 valence electrons. The lowest BCUT2D eigenvalue weighted by Gasteiger charge is -2.11. The number of alkyl halides is 3. The predicted molar refractivity (Wildman–Crippen MR) is 125 cm³/mol. The van der Waals surface area contributed by atoms with E-state index in [0.29, 0.717) is 23.8 Å². The first-order chi connectivity index (χ1) is 16.1. The molecule has 4 aromatic rings. The first-order valence-corrected chi connectivity index (χ1v) is 10.7. The van der Waals surface area contributed by atoms with Crippen LogP contribution < -0.4 is 4.74 Å². The molecule has 1 N–H and O–H groups in total. The average molecular weight is 465 g/mol. The molecule has 4 rings (SSSR count). The summed E-state index contributed by atoms with van der Waals surface area (Å²) in [6.07, 6.45) is -4.57. The molecule has 0 spiro atoms. The van der Waals surface area contributed by atoms with E-state index in [-0.39, 0.29) is 16.5 Å². The highest BCUT2D eigenvalue weighted by molar-refractivity contribution is 6.04. The number of rotatable bonds is 6. The largest absolute Gasteiger partial charge is 0.493 e. The third-order valence-electron chi connectivity index (χ3n) is 5.32. The maximum absolute atomic E-state index is 13.1. The molecule has 0 aliphatic rings. The number of aromatic carboxylic acids is 1. The van der Waals surface area contributed by atoms with Crippen LogP contribution in [0.15, 0.2) is 72.8 Å². The number of halogens is 3. The fourth-order valence-electron chi connectivity index (χ4n) is 3.57. The highest BCUT2D eigenvalue weighted by atomic mass is 19.4. The molecule has 0 bridgehead atoms. The fraction of sp³-hybridized carbons (Fsp3) is 0.185. The minimum absolute atomic E-state index is 0.0533. The van der Waals surface area contributed by atoms with Gasteiger partial charge in [-0.15, -0.1) is 0 Å². The van der Waals surface area contributed by atoms with Gasteiger partial charge in [-0.3, -0.25) is 0 Å². The van der Waals surface area contributed by atoms with Crippen molar-refractivity contribution in [2.24, 2.45) is 5.92 Å². The number of hydrogen-bond acceptors (Lipinski definition) is 3. The van der Waals surface area contributed by atoms with Crippen LogP contribution in [0.5, 0.6) is 5.75 Å². The molecule has 0 saturated heterocycles. The molecule has 0 fully saturated rings. The number of ether oxygens (including phenoxy) is 1. The lowest BCUT2D eigenvalue weighted by molar-refractivity contribution is -0.137. The number of carboxylic acid groups (broad SMARTS) is 1. The molecular weight excluding hydrogens is 443 g/mol. The zero-order valence-electron chi connectivity index (χ0n) is 18.6. The molecular formula is C27H22F3NO3. The maximum atomic E-state index is 13.1. The van der Waals surface area contributed by atoms with Gasteiger partial charge in [0.25, 0.3) is 0 Å². The van der Waals surface area contributed by atoms with Crippen LogP contribution in [-0.4, -0.2) is 22.7 Å². The van der Waals surface area contributed by atoms with E-state index >= 15 is 0 Å². The lowest BCUT2D eigenvalue weighted by atomic mass is 10.00. The van der Waals surface area contributed by atoms with Gasteiger partial charge >= 0.3 is 12.1 Å². The van der Waals surface area contributed by atoms with Crippen molar-refractivity contribution in [3.05, 3.63) is 83.9 Å². The van der Waals surface area contributed by atoms with Gasteiger partial charge in [0.05, 0.1) is 28.9 Å². The van der Waals surface area contributed by atoms with Crippen molar-refractivity contribution in [1.29, 1.82) is 0 Å². The minimum atomic E-state index is -4.57. The Morgan fingerprint density at radius 2 is 1.50 bits per heavy atom. The standard InChI is InChI=1S/C27H22F3NO3/c1-16(2)15-34-21-10-7-18(8-11-21)17-3-5-19(6-4-17)25-14-23(26(32)33)22-13-20(27(28,29)30)9-12-24(22)31-25/h3-14,16H,15H2,1-2H3,(H,32,33). The summed E-state index contributed by atoms with van der Waals surface area (Å²) in [5, 5.41) is 9.56. The second kappa shape index (κ2) is 9.17. The van der Waals surface area contributed by atoms with Crippen molar-refractivity contribution in [2.75, 3.05) is 6.61 Å². The first-order valence-electron chi connectivity index (χ1n) is 10.7. The lowest BCUT2D eigenvalue weighted by Crippen LogP contribution is -2.06. The van der Waals surface area contributed by atoms with Crippen LogP contribution in [0.1, 0.15) is 29.8 Å². The van der Waals surface area contributed by atoms with E-state index in [1.165, 1.54) is 12.1 Å². The van der Waals surface area contributed by atoms with Crippen molar-refractivity contribution in [1.82, 2.24) is 4.98 Å². The van der Waals surface area contributed by atoms with Gasteiger partial charge in [0, 0.05) is 10.9 Å². The minimum Gasteiger partial charge on any atom is -0.493 e. The summed E-state index contributed by atoms with van der Waals surface area (Å²) >= 11 is 0. The van der Waals surface area contributed by atoms with Crippen LogP contribution in [0.3, 0.4) is 0 Å². The third kappa shape index (κ3) is 5.03. The summed E-state index contributed by atoms with van der Waals surface area (Å²) in [5.41, 5.74) is 2.01. The Morgan fingerprint density at radius 3 is 2.06 bits per heavy atom. The first kappa shape index (κ1) is 23.3. The number of benzene rings is 3. The number of hydrogen-bond donors (Lipinski definition) is 1. The molecule has 0 unspecified atom stereocenters. The zero-order valence-corrected chi connectivity index (χ0v) is 18.6. The molecule has 0 aliphatic carbocycles. The van der Waals surface area contributed by atoms with Crippen LogP contribution in [0.4, 0.5) is 13.2 Å². The quantitative estimate of drug-likeness (QED) is 0.324. The summed E-state index contributed by atoms with van der Waals surface area (Å²) in [4.78, 5) is 16.2. The molecule has 1 aromatic heterocycles. The zero-order chi connectivity index (χ0) is 24.5. The second-order valence-corrected chi connectivity index (χ2v) is 8.40. The predicted octanol–water partition coefficient (Wildman–Crippen LogP) is 7.32. The Balaban J connectivity index is 1.65. The summed E-state index contributed by atoms with van der Waals surface area (Å²) in [6, 6.07) is 19.4. The maximum Gasteiger partial charge on any atom is 0.416 e. The highest BCUT2D eigenvalue weighted by Gasteiger charge is 2.31. The Morgan fingerprint density at radius 1 is 0.912 bits per heavy atom. The topological polar surface area (TPSA) is 59.4 Å². The van der Waals surface area contributed by atoms with E-state index in [0.717, 1.165) is 29.0 Å². The Bertz CT molecular complexity index is 1330. The van der Waals surface area contributed by atoms with E-state index in [1.54, 1.807) is 0 Å². The fourth-order valence-corrected chi connectivity index (χ4v) is 3.57. The Kier molecular flexibility index (Phi) is 6.28. The van der Waals surface area contributed by atoms with Gasteiger partial charge in [-0.2, -0.15) is 13.2 Å². The smallest absolute Gasteiger partial charge is 0.416 e. The van der Waals surface area contributed by atoms with E-state index in [1.807, 2.05) is 48.5 Å². The molecule has 7 heteroatoms. The molecule has 34 heavy (non-hydrogen) atoms. The van der Waals surface area contributed by atoms with Crippen molar-refractivity contribution < 1.29 is 27.8 Å².